The van der Waals surface area contributed by atoms with Gasteiger partial charge in [0.15, 0.2) is 0 Å². The number of hydrogen-bond acceptors (Lipinski definition) is 4. The maximum absolute atomic E-state index is 11.5. The van der Waals surface area contributed by atoms with Crippen LogP contribution >= 0.6 is 0 Å². The van der Waals surface area contributed by atoms with Gasteiger partial charge in [0, 0.05) is 19.1 Å². The fraction of sp³-hybridized carbons (Fsp3) is 0.462. The van der Waals surface area contributed by atoms with Crippen molar-refractivity contribution in [3.63, 3.8) is 0 Å². The van der Waals surface area contributed by atoms with Crippen LogP contribution in [0.4, 0.5) is 0 Å². The molecule has 0 radical (unpaired) electrons. The van der Waals surface area contributed by atoms with Crippen molar-refractivity contribution < 1.29 is 9.53 Å². The first-order valence-corrected chi connectivity index (χ1v) is 6.16. The van der Waals surface area contributed by atoms with Gasteiger partial charge in [0.25, 0.3) is 0 Å². The number of nitrogens with one attached hydrogen (secondary N) is 1. The number of carbonyl (C=O) groups is 1. The summed E-state index contributed by atoms with van der Waals surface area (Å²) < 4.78 is 5.47. The molecule has 1 saturated heterocycles. The average molecular weight is 249 g/mol. The third-order valence-corrected chi connectivity index (χ3v) is 2.79. The Balaban J connectivity index is 1.54. The Kier molecular flexibility index (Phi) is 4.55. The molecule has 1 aliphatic heterocycles. The van der Waals surface area contributed by atoms with Gasteiger partial charge in [0.1, 0.15) is 12.4 Å². The van der Waals surface area contributed by atoms with Crippen molar-refractivity contribution in [3.8, 4) is 5.75 Å². The van der Waals surface area contributed by atoms with Crippen LogP contribution in [0.5, 0.6) is 5.75 Å². The molecule has 1 fully saturated rings. The fourth-order valence-electron chi connectivity index (χ4n) is 1.87. The summed E-state index contributed by atoms with van der Waals surface area (Å²) in [6.07, 6.45) is 0. The summed E-state index contributed by atoms with van der Waals surface area (Å²) in [7, 11) is 0. The average Bonchev–Trinajstić information content (AvgIpc) is 2.34. The Bertz CT molecular complexity index is 377. The highest BCUT2D eigenvalue weighted by Gasteiger charge is 2.24. The molecular formula is C13H19N3O2. The maximum atomic E-state index is 11.5. The number of hydrogen-bond donors (Lipinski definition) is 2. The summed E-state index contributed by atoms with van der Waals surface area (Å²) in [5.41, 5.74) is 5.64. The Morgan fingerprint density at radius 1 is 1.39 bits per heavy atom. The van der Waals surface area contributed by atoms with E-state index >= 15 is 0 Å². The van der Waals surface area contributed by atoms with Crippen LogP contribution in [-0.4, -0.2) is 49.6 Å². The first-order chi connectivity index (χ1) is 8.74. The van der Waals surface area contributed by atoms with Gasteiger partial charge in [-0.1, -0.05) is 18.2 Å². The maximum Gasteiger partial charge on any atom is 0.234 e. The molecule has 5 nitrogen and oxygen atoms in total. The third-order valence-electron chi connectivity index (χ3n) is 2.79. The Morgan fingerprint density at radius 2 is 2.11 bits per heavy atom. The first-order valence-electron chi connectivity index (χ1n) is 6.16. The van der Waals surface area contributed by atoms with E-state index in [2.05, 4.69) is 5.32 Å². The van der Waals surface area contributed by atoms with E-state index in [4.69, 9.17) is 10.5 Å². The highest BCUT2D eigenvalue weighted by Crippen LogP contribution is 2.07. The molecular weight excluding hydrogens is 230 g/mol. The monoisotopic (exact) mass is 249 g/mol. The van der Waals surface area contributed by atoms with Gasteiger partial charge in [-0.25, -0.2) is 0 Å². The van der Waals surface area contributed by atoms with Crippen LogP contribution in [0.25, 0.3) is 0 Å². The Labute approximate surface area is 107 Å². The van der Waals surface area contributed by atoms with Crippen molar-refractivity contribution in [2.45, 2.75) is 6.04 Å². The first kappa shape index (κ1) is 12.9. The lowest BCUT2D eigenvalue weighted by Gasteiger charge is -2.36. The van der Waals surface area contributed by atoms with E-state index in [0.29, 0.717) is 19.7 Å². The third kappa shape index (κ3) is 4.01. The highest BCUT2D eigenvalue weighted by molar-refractivity contribution is 5.78. The molecule has 0 saturated carbocycles. The van der Waals surface area contributed by atoms with Crippen molar-refractivity contribution in [2.75, 3.05) is 32.8 Å². The van der Waals surface area contributed by atoms with Crippen molar-refractivity contribution in [1.29, 1.82) is 0 Å². The molecule has 1 aliphatic rings. The number of carbonyl (C=O) groups excluding carboxylic acids is 1. The van der Waals surface area contributed by atoms with Crippen molar-refractivity contribution >= 4 is 5.91 Å². The Morgan fingerprint density at radius 3 is 2.78 bits per heavy atom. The molecule has 1 heterocycles. The van der Waals surface area contributed by atoms with Crippen LogP contribution in [0.3, 0.4) is 0 Å². The standard InChI is InChI=1S/C13H19N3O2/c14-11-8-16(9-11)10-13(17)15-6-7-18-12-4-2-1-3-5-12/h1-5,11H,6-10,14H2,(H,15,17). The molecule has 0 atom stereocenters. The van der Waals surface area contributed by atoms with E-state index in [1.54, 1.807) is 0 Å². The number of ether oxygens (including phenoxy) is 1. The van der Waals surface area contributed by atoms with Crippen LogP contribution in [-0.2, 0) is 4.79 Å². The van der Waals surface area contributed by atoms with Gasteiger partial charge >= 0.3 is 0 Å². The van der Waals surface area contributed by atoms with Crippen LogP contribution in [0.1, 0.15) is 0 Å². The van der Waals surface area contributed by atoms with Crippen molar-refractivity contribution in [2.24, 2.45) is 5.73 Å². The SMILES string of the molecule is NC1CN(CC(=O)NCCOc2ccccc2)C1. The summed E-state index contributed by atoms with van der Waals surface area (Å²) in [5, 5.41) is 2.82. The molecule has 98 valence electrons. The predicted molar refractivity (Wildman–Crippen MR) is 69.4 cm³/mol. The molecule has 1 aromatic rings. The van der Waals surface area contributed by atoms with Crippen molar-refractivity contribution in [1.82, 2.24) is 10.2 Å². The minimum absolute atomic E-state index is 0.0264. The van der Waals surface area contributed by atoms with E-state index < -0.39 is 0 Å². The number of likely N-dealkylation sites (tertiary alicyclic amines) is 1. The number of nitrogens with zero attached hydrogens (tertiary/aromatic N) is 1. The quantitative estimate of drug-likeness (QED) is 0.687. The largest absolute Gasteiger partial charge is 0.492 e. The van der Waals surface area contributed by atoms with Gasteiger partial charge in [-0.2, -0.15) is 0 Å². The predicted octanol–water partition coefficient (Wildman–Crippen LogP) is -0.175. The molecule has 2 rings (SSSR count). The molecule has 0 aromatic heterocycles. The zero-order valence-corrected chi connectivity index (χ0v) is 10.3. The van der Waals surface area contributed by atoms with Crippen LogP contribution < -0.4 is 15.8 Å². The lowest BCUT2D eigenvalue weighted by Crippen LogP contribution is -2.58. The highest BCUT2D eigenvalue weighted by atomic mass is 16.5. The minimum atomic E-state index is 0.0264. The van der Waals surface area contributed by atoms with Crippen LogP contribution in [0, 0.1) is 0 Å². The molecule has 3 N–H and O–H groups in total. The smallest absolute Gasteiger partial charge is 0.234 e. The summed E-state index contributed by atoms with van der Waals surface area (Å²) in [6.45, 7) is 3.06. The van der Waals surface area contributed by atoms with Gasteiger partial charge < -0.3 is 15.8 Å². The topological polar surface area (TPSA) is 67.6 Å². The van der Waals surface area contributed by atoms with E-state index in [0.717, 1.165) is 18.8 Å². The molecule has 1 aromatic carbocycles. The molecule has 0 bridgehead atoms. The number of nitrogens with two attached hydrogens (primary N) is 1. The van der Waals surface area contributed by atoms with Crippen LogP contribution in [0.15, 0.2) is 30.3 Å². The summed E-state index contributed by atoms with van der Waals surface area (Å²) in [6, 6.07) is 9.79. The molecule has 0 unspecified atom stereocenters. The van der Waals surface area contributed by atoms with Crippen LogP contribution in [0.2, 0.25) is 0 Å². The summed E-state index contributed by atoms with van der Waals surface area (Å²) in [4.78, 5) is 13.5. The molecule has 18 heavy (non-hydrogen) atoms. The van der Waals surface area contributed by atoms with E-state index in [-0.39, 0.29) is 11.9 Å². The minimum Gasteiger partial charge on any atom is -0.492 e. The number of amides is 1. The fourth-order valence-corrected chi connectivity index (χ4v) is 1.87. The molecule has 0 spiro atoms. The lowest BCUT2D eigenvalue weighted by molar-refractivity contribution is -0.123. The zero-order valence-electron chi connectivity index (χ0n) is 10.3. The van der Waals surface area contributed by atoms with Gasteiger partial charge in [-0.3, -0.25) is 9.69 Å². The summed E-state index contributed by atoms with van der Waals surface area (Å²) in [5.74, 6) is 0.846. The van der Waals surface area contributed by atoms with Gasteiger partial charge in [-0.15, -0.1) is 0 Å². The molecule has 0 aliphatic carbocycles. The normalized spacial score (nSPS) is 16.1. The number of rotatable bonds is 6. The molecule has 1 amide bonds. The second kappa shape index (κ2) is 6.37. The zero-order chi connectivity index (χ0) is 12.8. The second-order valence-electron chi connectivity index (χ2n) is 4.47. The van der Waals surface area contributed by atoms with Gasteiger partial charge in [0.2, 0.25) is 5.91 Å². The molecule has 5 heteroatoms. The van der Waals surface area contributed by atoms with E-state index in [1.807, 2.05) is 35.2 Å². The second-order valence-corrected chi connectivity index (χ2v) is 4.47. The van der Waals surface area contributed by atoms with Gasteiger partial charge in [0.05, 0.1) is 13.1 Å². The van der Waals surface area contributed by atoms with E-state index in [9.17, 15) is 4.79 Å². The number of benzene rings is 1. The summed E-state index contributed by atoms with van der Waals surface area (Å²) >= 11 is 0. The number of para-hydroxylation sites is 1. The van der Waals surface area contributed by atoms with Gasteiger partial charge in [-0.05, 0) is 12.1 Å². The Hall–Kier alpha value is -1.59. The van der Waals surface area contributed by atoms with Crippen molar-refractivity contribution in [3.05, 3.63) is 30.3 Å². The lowest BCUT2D eigenvalue weighted by atomic mass is 10.1. The van der Waals surface area contributed by atoms with E-state index in [1.165, 1.54) is 0 Å².